The third-order valence-electron chi connectivity index (χ3n) is 2.08. The van der Waals surface area contributed by atoms with E-state index < -0.39 is 11.6 Å². The summed E-state index contributed by atoms with van der Waals surface area (Å²) in [5, 5.41) is 0.985. The zero-order chi connectivity index (χ0) is 12.8. The molecule has 6 heteroatoms. The van der Waals surface area contributed by atoms with Crippen LogP contribution in [-0.2, 0) is 4.79 Å². The minimum Gasteiger partial charge on any atom is -0.491 e. The Morgan fingerprint density at radius 2 is 2.18 bits per heavy atom. The van der Waals surface area contributed by atoms with Gasteiger partial charge in [-0.1, -0.05) is 0 Å². The van der Waals surface area contributed by atoms with E-state index in [0.717, 1.165) is 17.1 Å². The van der Waals surface area contributed by atoms with Crippen LogP contribution >= 0.6 is 0 Å². The van der Waals surface area contributed by atoms with Crippen LogP contribution in [0.1, 0.15) is 12.8 Å². The van der Waals surface area contributed by atoms with E-state index in [9.17, 15) is 13.6 Å². The first-order valence-electron chi connectivity index (χ1n) is 5.10. The van der Waals surface area contributed by atoms with Crippen molar-refractivity contribution >= 4 is 5.91 Å². The molecule has 0 unspecified atom stereocenters. The van der Waals surface area contributed by atoms with E-state index in [0.29, 0.717) is 6.42 Å². The molecule has 0 aromatic heterocycles. The summed E-state index contributed by atoms with van der Waals surface area (Å²) in [6.07, 6.45) is 0.632. The lowest BCUT2D eigenvalue weighted by Gasteiger charge is -2.10. The number of nitrogens with zero attached hydrogens (tertiary/aromatic N) is 1. The summed E-state index contributed by atoms with van der Waals surface area (Å²) >= 11 is 0. The van der Waals surface area contributed by atoms with Crippen LogP contribution in [0.3, 0.4) is 0 Å². The highest BCUT2D eigenvalue weighted by Gasteiger charge is 2.06. The molecule has 0 saturated carbocycles. The number of hydrazine groups is 1. The lowest BCUT2D eigenvalue weighted by molar-refractivity contribution is -0.130. The van der Waals surface area contributed by atoms with Crippen molar-refractivity contribution in [2.45, 2.75) is 12.8 Å². The van der Waals surface area contributed by atoms with E-state index in [4.69, 9.17) is 10.6 Å². The highest BCUT2D eigenvalue weighted by Crippen LogP contribution is 2.17. The SMILES string of the molecule is CN(N)C(=O)CCCOc1ccc(F)cc1F. The van der Waals surface area contributed by atoms with Crippen molar-refractivity contribution in [1.82, 2.24) is 5.01 Å². The van der Waals surface area contributed by atoms with Crippen molar-refractivity contribution in [2.75, 3.05) is 13.7 Å². The molecule has 0 bridgehead atoms. The number of halogens is 2. The van der Waals surface area contributed by atoms with Crippen molar-refractivity contribution in [1.29, 1.82) is 0 Å². The number of amides is 1. The first-order chi connectivity index (χ1) is 8.00. The average Bonchev–Trinajstić information content (AvgIpc) is 2.26. The van der Waals surface area contributed by atoms with Crippen molar-refractivity contribution in [3.05, 3.63) is 29.8 Å². The lowest BCUT2D eigenvalue weighted by atomic mass is 10.3. The number of hydrogen-bond acceptors (Lipinski definition) is 3. The maximum Gasteiger partial charge on any atom is 0.236 e. The molecule has 1 rings (SSSR count). The number of rotatable bonds is 5. The second-order valence-electron chi connectivity index (χ2n) is 3.53. The van der Waals surface area contributed by atoms with Crippen molar-refractivity contribution in [3.8, 4) is 5.75 Å². The third kappa shape index (κ3) is 4.36. The molecule has 94 valence electrons. The molecule has 17 heavy (non-hydrogen) atoms. The fourth-order valence-electron chi connectivity index (χ4n) is 1.17. The molecular formula is C11H14F2N2O2. The summed E-state index contributed by atoms with van der Waals surface area (Å²) in [6.45, 7) is 0.169. The van der Waals surface area contributed by atoms with Crippen LogP contribution < -0.4 is 10.6 Å². The van der Waals surface area contributed by atoms with E-state index in [2.05, 4.69) is 0 Å². The predicted octanol–water partition coefficient (Wildman–Crippen LogP) is 1.46. The topological polar surface area (TPSA) is 55.6 Å². The van der Waals surface area contributed by atoms with Gasteiger partial charge in [0.05, 0.1) is 6.61 Å². The molecule has 0 aliphatic heterocycles. The molecule has 2 N–H and O–H groups in total. The van der Waals surface area contributed by atoms with Crippen LogP contribution in [0.15, 0.2) is 18.2 Å². The summed E-state index contributed by atoms with van der Waals surface area (Å²) in [5.41, 5.74) is 0. The minimum atomic E-state index is -0.757. The van der Waals surface area contributed by atoms with Gasteiger partial charge in [-0.2, -0.15) is 0 Å². The van der Waals surface area contributed by atoms with Crippen LogP contribution in [0.25, 0.3) is 0 Å². The van der Waals surface area contributed by atoms with Gasteiger partial charge in [-0.05, 0) is 18.6 Å². The second-order valence-corrected chi connectivity index (χ2v) is 3.53. The first kappa shape index (κ1) is 13.4. The fraction of sp³-hybridized carbons (Fsp3) is 0.364. The van der Waals surface area contributed by atoms with Gasteiger partial charge in [-0.3, -0.25) is 9.80 Å². The van der Waals surface area contributed by atoms with E-state index in [1.807, 2.05) is 0 Å². The molecule has 0 fully saturated rings. The minimum absolute atomic E-state index is 0.0278. The monoisotopic (exact) mass is 244 g/mol. The molecule has 0 heterocycles. The quantitative estimate of drug-likeness (QED) is 0.369. The molecule has 0 aliphatic carbocycles. The summed E-state index contributed by atoms with van der Waals surface area (Å²) < 4.78 is 30.7. The molecule has 0 spiro atoms. The van der Waals surface area contributed by atoms with Gasteiger partial charge in [0.25, 0.3) is 0 Å². The van der Waals surface area contributed by atoms with Gasteiger partial charge < -0.3 is 4.74 Å². The highest BCUT2D eigenvalue weighted by molar-refractivity contribution is 5.75. The molecular weight excluding hydrogens is 230 g/mol. The smallest absolute Gasteiger partial charge is 0.236 e. The predicted molar refractivity (Wildman–Crippen MR) is 58.0 cm³/mol. The maximum absolute atomic E-state index is 13.1. The van der Waals surface area contributed by atoms with Gasteiger partial charge >= 0.3 is 0 Å². The number of ether oxygens (including phenoxy) is 1. The van der Waals surface area contributed by atoms with Gasteiger partial charge in [0.2, 0.25) is 5.91 Å². The molecule has 1 aromatic carbocycles. The number of hydrogen-bond donors (Lipinski definition) is 1. The summed E-state index contributed by atoms with van der Waals surface area (Å²) in [4.78, 5) is 11.1. The third-order valence-corrected chi connectivity index (χ3v) is 2.08. The Balaban J connectivity index is 2.34. The van der Waals surface area contributed by atoms with Crippen molar-refractivity contribution in [2.24, 2.45) is 5.84 Å². The zero-order valence-electron chi connectivity index (χ0n) is 9.45. The molecule has 1 aromatic rings. The second kappa shape index (κ2) is 6.15. The molecule has 0 radical (unpaired) electrons. The Morgan fingerprint density at radius 3 is 2.76 bits per heavy atom. The normalized spacial score (nSPS) is 10.1. The van der Waals surface area contributed by atoms with E-state index in [1.165, 1.54) is 13.1 Å². The van der Waals surface area contributed by atoms with Gasteiger partial charge in [0.15, 0.2) is 11.6 Å². The molecule has 0 atom stereocenters. The Labute approximate surface area is 97.9 Å². The van der Waals surface area contributed by atoms with Crippen molar-refractivity contribution in [3.63, 3.8) is 0 Å². The van der Waals surface area contributed by atoms with Gasteiger partial charge in [-0.15, -0.1) is 0 Å². The largest absolute Gasteiger partial charge is 0.491 e. The molecule has 0 saturated heterocycles. The van der Waals surface area contributed by atoms with Crippen molar-refractivity contribution < 1.29 is 18.3 Å². The van der Waals surface area contributed by atoms with Gasteiger partial charge in [0, 0.05) is 19.5 Å². The summed E-state index contributed by atoms with van der Waals surface area (Å²) in [6, 6.07) is 3.06. The maximum atomic E-state index is 13.1. The molecule has 4 nitrogen and oxygen atoms in total. The van der Waals surface area contributed by atoms with Gasteiger partial charge in [-0.25, -0.2) is 14.6 Å². The van der Waals surface area contributed by atoms with E-state index >= 15 is 0 Å². The zero-order valence-corrected chi connectivity index (χ0v) is 9.45. The van der Waals surface area contributed by atoms with Crippen LogP contribution in [0.4, 0.5) is 8.78 Å². The van der Waals surface area contributed by atoms with Gasteiger partial charge in [0.1, 0.15) is 5.82 Å². The molecule has 1 amide bonds. The molecule has 0 aliphatic rings. The number of carbonyl (C=O) groups is 1. The van der Waals surface area contributed by atoms with Crippen LogP contribution in [-0.4, -0.2) is 24.6 Å². The van der Waals surface area contributed by atoms with E-state index in [1.54, 1.807) is 0 Å². The average molecular weight is 244 g/mol. The van der Waals surface area contributed by atoms with Crippen LogP contribution in [0.5, 0.6) is 5.75 Å². The Kier molecular flexibility index (Phi) is 4.84. The van der Waals surface area contributed by atoms with Crippen LogP contribution in [0.2, 0.25) is 0 Å². The number of nitrogens with two attached hydrogens (primary N) is 1. The Hall–Kier alpha value is -1.69. The highest BCUT2D eigenvalue weighted by atomic mass is 19.1. The standard InChI is InChI=1S/C11H14F2N2O2/c1-15(14)11(16)3-2-6-17-10-5-4-8(12)7-9(10)13/h4-5,7H,2-3,6,14H2,1H3. The lowest BCUT2D eigenvalue weighted by Crippen LogP contribution is -2.33. The van der Waals surface area contributed by atoms with Crippen LogP contribution in [0, 0.1) is 11.6 Å². The number of benzene rings is 1. The summed E-state index contributed by atoms with van der Waals surface area (Å²) in [7, 11) is 1.45. The van der Waals surface area contributed by atoms with E-state index in [-0.39, 0.29) is 24.7 Å². The first-order valence-corrected chi connectivity index (χ1v) is 5.10. The number of carbonyl (C=O) groups excluding carboxylic acids is 1. The Bertz CT molecular complexity index is 397. The summed E-state index contributed by atoms with van der Waals surface area (Å²) in [5.74, 6) is 3.54. The fourth-order valence-corrected chi connectivity index (χ4v) is 1.17. The Morgan fingerprint density at radius 1 is 1.47 bits per heavy atom.